The summed E-state index contributed by atoms with van der Waals surface area (Å²) in [5.74, 6) is -3.76. The number of ether oxygens (including phenoxy) is 9. The normalized spacial score (nSPS) is 42.6. The van der Waals surface area contributed by atoms with Crippen molar-refractivity contribution in [2.45, 2.75) is 193 Å². The van der Waals surface area contributed by atoms with Gasteiger partial charge in [-0.2, -0.15) is 0 Å². The first kappa shape index (κ1) is 60.6. The third kappa shape index (κ3) is 13.8. The van der Waals surface area contributed by atoms with Gasteiger partial charge in [0.15, 0.2) is 24.3 Å². The minimum absolute atomic E-state index is 0.0298. The van der Waals surface area contributed by atoms with E-state index in [0.29, 0.717) is 38.4 Å². The van der Waals surface area contributed by atoms with Crippen LogP contribution < -0.4 is 0 Å². The fourth-order valence-corrected chi connectivity index (χ4v) is 12.0. The Morgan fingerprint density at radius 1 is 0.875 bits per heavy atom. The van der Waals surface area contributed by atoms with E-state index in [2.05, 4.69) is 28.5 Å². The molecule has 5 fully saturated rings. The SMILES string of the molecule is CC[C@H]1OC(=O)[C@H](C)[C@@H](O[C@H]2C[C@@](C)(OC)[C@@](O)(CN(C)CCN(CC)CC)[C@H](C)O2)[C@H](C)[C@@H](O[C@@H]2O[C@H](C)C[C@H](N(C)C)[C@H]2O)[C@@](C)(O)C[C@@H](C)/C(=N\OCCN2CCOCC2)[C@H](C)[C@H]2OC(=O)O[C@@]21C. The number of likely N-dealkylation sites (N-methyl/N-ethyl adjacent to an activating group) is 3. The zero-order valence-corrected chi connectivity index (χ0v) is 46.7. The Bertz CT molecular complexity index is 1760. The lowest BCUT2D eigenvalue weighted by Crippen LogP contribution is -2.70. The predicted octanol–water partition coefficient (Wildman–Crippen LogP) is 3.75. The minimum atomic E-state index is -1.75. The van der Waals surface area contributed by atoms with Crippen molar-refractivity contribution in [1.82, 2.24) is 19.6 Å². The van der Waals surface area contributed by atoms with Crippen molar-refractivity contribution in [3.63, 3.8) is 0 Å². The standard InChI is InChI=1S/C52H95N5O15/c1-17-39-51(12)45(71-48(60)72-51)34(6)41(53-65-27-24-57-22-25-64-26-23-57)32(4)29-49(10,61)44(70-47-42(58)38(54(13)14)28-33(5)66-47)35(7)43(36(8)46(59)68-39)69-40-30-50(11,63-16)52(62,37(9)67-40)31-55(15)20-21-56(18-2)19-3/h32-40,42-45,47,58,61-62H,17-31H2,1-16H3/b53-41+/t32-,33-,34+,35+,36-,37+,38+,39-,40+,42-,43+,44-,45-,47+,49+,50-,51-,52-/m1/s1. The van der Waals surface area contributed by atoms with Crippen molar-refractivity contribution in [1.29, 1.82) is 0 Å². The first-order valence-electron chi connectivity index (χ1n) is 26.8. The lowest BCUT2D eigenvalue weighted by molar-refractivity contribution is -0.339. The molecule has 20 heteroatoms. The first-order valence-corrected chi connectivity index (χ1v) is 26.8. The van der Waals surface area contributed by atoms with Crippen LogP contribution in [0.2, 0.25) is 0 Å². The van der Waals surface area contributed by atoms with Gasteiger partial charge in [0.1, 0.15) is 30.0 Å². The van der Waals surface area contributed by atoms with Gasteiger partial charge in [0.05, 0.1) is 54.9 Å². The van der Waals surface area contributed by atoms with Crippen molar-refractivity contribution >= 4 is 17.8 Å². The molecule has 418 valence electrons. The zero-order chi connectivity index (χ0) is 53.5. The van der Waals surface area contributed by atoms with Crippen LogP contribution in [0.15, 0.2) is 5.16 Å². The number of rotatable bonds is 18. The van der Waals surface area contributed by atoms with Gasteiger partial charge in [0.2, 0.25) is 0 Å². The van der Waals surface area contributed by atoms with Crippen LogP contribution in [0, 0.1) is 23.7 Å². The average Bonchev–Trinajstić information content (AvgIpc) is 3.64. The van der Waals surface area contributed by atoms with Crippen molar-refractivity contribution in [3.8, 4) is 0 Å². The van der Waals surface area contributed by atoms with Gasteiger partial charge < -0.3 is 77.5 Å². The molecule has 0 aliphatic carbocycles. The molecule has 0 aromatic carbocycles. The van der Waals surface area contributed by atoms with Crippen LogP contribution in [0.25, 0.3) is 0 Å². The second-order valence-electron chi connectivity index (χ2n) is 22.4. The number of oxime groups is 1. The highest BCUT2D eigenvalue weighted by Gasteiger charge is 2.61. The lowest BCUT2D eigenvalue weighted by atomic mass is 9.73. The maximum Gasteiger partial charge on any atom is 0.509 e. The zero-order valence-electron chi connectivity index (χ0n) is 46.7. The highest BCUT2D eigenvalue weighted by atomic mass is 16.8. The molecular weight excluding hydrogens is 935 g/mol. The van der Waals surface area contributed by atoms with E-state index >= 15 is 0 Å². The molecule has 5 rings (SSSR count). The van der Waals surface area contributed by atoms with E-state index in [1.165, 1.54) is 0 Å². The highest BCUT2D eigenvalue weighted by Crippen LogP contribution is 2.45. The van der Waals surface area contributed by atoms with Crippen molar-refractivity contribution in [2.75, 3.05) is 100 Å². The van der Waals surface area contributed by atoms with Gasteiger partial charge in [-0.25, -0.2) is 4.79 Å². The van der Waals surface area contributed by atoms with Crippen molar-refractivity contribution in [2.24, 2.45) is 28.8 Å². The molecule has 0 aromatic heterocycles. The van der Waals surface area contributed by atoms with E-state index in [1.54, 1.807) is 34.8 Å². The summed E-state index contributed by atoms with van der Waals surface area (Å²) in [7, 11) is 7.31. The van der Waals surface area contributed by atoms with Crippen LogP contribution in [-0.4, -0.2) is 237 Å². The smallest absolute Gasteiger partial charge is 0.458 e. The van der Waals surface area contributed by atoms with E-state index < -0.39 is 107 Å². The monoisotopic (exact) mass is 1030 g/mol. The van der Waals surface area contributed by atoms with Gasteiger partial charge in [-0.3, -0.25) is 9.69 Å². The molecule has 72 heavy (non-hydrogen) atoms. The van der Waals surface area contributed by atoms with Gasteiger partial charge in [0.25, 0.3) is 0 Å². The molecule has 0 aromatic rings. The minimum Gasteiger partial charge on any atom is -0.458 e. The lowest BCUT2D eigenvalue weighted by Gasteiger charge is -2.54. The Hall–Kier alpha value is -2.31. The molecule has 0 bridgehead atoms. The van der Waals surface area contributed by atoms with Gasteiger partial charge in [0, 0.05) is 76.6 Å². The number of methoxy groups -OCH3 is 1. The molecule has 18 atom stereocenters. The number of hydrogen-bond acceptors (Lipinski definition) is 20. The Morgan fingerprint density at radius 3 is 2.15 bits per heavy atom. The van der Waals surface area contributed by atoms with E-state index in [-0.39, 0.29) is 44.6 Å². The van der Waals surface area contributed by atoms with Gasteiger partial charge in [-0.1, -0.05) is 46.7 Å². The molecular formula is C52H95N5O15. The topological polar surface area (TPSA) is 212 Å². The van der Waals surface area contributed by atoms with Gasteiger partial charge >= 0.3 is 12.1 Å². The number of morpholine rings is 1. The molecule has 0 unspecified atom stereocenters. The van der Waals surface area contributed by atoms with Gasteiger partial charge in [-0.15, -0.1) is 0 Å². The van der Waals surface area contributed by atoms with Crippen LogP contribution in [-0.2, 0) is 52.3 Å². The highest BCUT2D eigenvalue weighted by molar-refractivity contribution is 5.89. The van der Waals surface area contributed by atoms with Crippen LogP contribution in [0.5, 0.6) is 0 Å². The number of fused-ring (bicyclic) bond motifs is 1. The third-order valence-corrected chi connectivity index (χ3v) is 16.8. The molecule has 5 aliphatic rings. The van der Waals surface area contributed by atoms with Gasteiger partial charge in [-0.05, 0) is 95.0 Å². The third-order valence-electron chi connectivity index (χ3n) is 16.8. The Morgan fingerprint density at radius 2 is 1.54 bits per heavy atom. The quantitative estimate of drug-likeness (QED) is 0.101. The number of hydrogen-bond donors (Lipinski definition) is 3. The van der Waals surface area contributed by atoms with E-state index in [0.717, 1.165) is 32.7 Å². The van der Waals surface area contributed by atoms with E-state index in [4.69, 9.17) is 52.6 Å². The number of aliphatic hydroxyl groups is 3. The summed E-state index contributed by atoms with van der Waals surface area (Å²) in [4.78, 5) is 42.8. The number of esters is 1. The number of cyclic esters (lactones) is 1. The summed E-state index contributed by atoms with van der Waals surface area (Å²) >= 11 is 0. The average molecular weight is 1030 g/mol. The summed E-state index contributed by atoms with van der Waals surface area (Å²) in [6, 6.07) is -0.331. The van der Waals surface area contributed by atoms with Crippen molar-refractivity contribution < 1.29 is 72.4 Å². The van der Waals surface area contributed by atoms with E-state index in [1.807, 2.05) is 67.6 Å². The molecule has 0 radical (unpaired) electrons. The predicted molar refractivity (Wildman–Crippen MR) is 269 cm³/mol. The fourth-order valence-electron chi connectivity index (χ4n) is 12.0. The summed E-state index contributed by atoms with van der Waals surface area (Å²) in [5, 5.41) is 42.4. The fraction of sp³-hybridized carbons (Fsp3) is 0.942. The maximum atomic E-state index is 14.9. The number of carbonyl (C=O) groups excluding carboxylic acids is 2. The summed E-state index contributed by atoms with van der Waals surface area (Å²) in [6.07, 6.45) is -8.72. The number of carbonyl (C=O) groups is 2. The van der Waals surface area contributed by atoms with Crippen LogP contribution >= 0.6 is 0 Å². The molecule has 20 nitrogen and oxygen atoms in total. The summed E-state index contributed by atoms with van der Waals surface area (Å²) in [6.45, 7) is 29.6. The summed E-state index contributed by atoms with van der Waals surface area (Å²) in [5.41, 5.74) is -5.41. The largest absolute Gasteiger partial charge is 0.509 e. The molecule has 5 heterocycles. The number of nitrogens with zero attached hydrogens (tertiary/aromatic N) is 5. The maximum absolute atomic E-state index is 14.9. The second-order valence-corrected chi connectivity index (χ2v) is 22.4. The second kappa shape index (κ2) is 25.7. The Balaban J connectivity index is 1.58. The summed E-state index contributed by atoms with van der Waals surface area (Å²) < 4.78 is 57.2. The Kier molecular flexibility index (Phi) is 21.6. The van der Waals surface area contributed by atoms with Crippen molar-refractivity contribution in [3.05, 3.63) is 0 Å². The van der Waals surface area contributed by atoms with E-state index in [9.17, 15) is 24.9 Å². The molecule has 0 saturated carbocycles. The number of aliphatic hydroxyl groups excluding tert-OH is 1. The first-order chi connectivity index (χ1) is 33.8. The van der Waals surface area contributed by atoms with Crippen LogP contribution in [0.4, 0.5) is 4.79 Å². The van der Waals surface area contributed by atoms with Crippen LogP contribution in [0.3, 0.4) is 0 Å². The molecule has 0 amide bonds. The van der Waals surface area contributed by atoms with Crippen LogP contribution in [0.1, 0.15) is 109 Å². The molecule has 0 spiro atoms. The molecule has 5 saturated heterocycles. The Labute approximate surface area is 430 Å². The molecule has 3 N–H and O–H groups in total. The molecule has 5 aliphatic heterocycles.